The third kappa shape index (κ3) is 4.02. The zero-order valence-electron chi connectivity index (χ0n) is 14.5. The van der Waals surface area contributed by atoms with E-state index in [2.05, 4.69) is 11.1 Å². The summed E-state index contributed by atoms with van der Waals surface area (Å²) in [5.41, 5.74) is 2.12. The van der Waals surface area contributed by atoms with Crippen LogP contribution in [0.3, 0.4) is 0 Å². The summed E-state index contributed by atoms with van der Waals surface area (Å²) in [6, 6.07) is 14.1. The molecule has 0 spiro atoms. The number of nitrogens with zero attached hydrogens (tertiary/aromatic N) is 2. The molecule has 1 aromatic heterocycles. The molecule has 2 aromatic carbocycles. The van der Waals surface area contributed by atoms with Gasteiger partial charge in [-0.05, 0) is 36.8 Å². The van der Waals surface area contributed by atoms with Crippen LogP contribution in [0.25, 0.3) is 10.6 Å². The number of nitriles is 1. The minimum Gasteiger partial charge on any atom is -0.371 e. The van der Waals surface area contributed by atoms with Gasteiger partial charge in [0, 0.05) is 12.7 Å². The molecule has 3 nitrogen and oxygen atoms in total. The van der Waals surface area contributed by atoms with Gasteiger partial charge in [0.1, 0.15) is 11.1 Å². The van der Waals surface area contributed by atoms with E-state index in [1.807, 2.05) is 19.1 Å². The number of ether oxygens (including phenoxy) is 1. The molecular weight excluding hydrogens is 373 g/mol. The van der Waals surface area contributed by atoms with Crippen molar-refractivity contribution < 1.29 is 17.9 Å². The number of hydrogen-bond acceptors (Lipinski definition) is 4. The van der Waals surface area contributed by atoms with Gasteiger partial charge in [-0.2, -0.15) is 18.4 Å². The van der Waals surface area contributed by atoms with E-state index in [0.29, 0.717) is 16.1 Å². The van der Waals surface area contributed by atoms with E-state index in [4.69, 9.17) is 10.00 Å². The number of alkyl halides is 3. The monoisotopic (exact) mass is 388 g/mol. The molecule has 1 heterocycles. The minimum absolute atomic E-state index is 0.363. The van der Waals surface area contributed by atoms with Crippen molar-refractivity contribution in [2.75, 3.05) is 7.11 Å². The lowest BCUT2D eigenvalue weighted by atomic mass is 10.1. The van der Waals surface area contributed by atoms with Gasteiger partial charge in [-0.3, -0.25) is 0 Å². The van der Waals surface area contributed by atoms with Crippen LogP contribution in [0.4, 0.5) is 13.2 Å². The number of halogens is 3. The molecule has 0 saturated heterocycles. The summed E-state index contributed by atoms with van der Waals surface area (Å²) >= 11 is 1.38. The van der Waals surface area contributed by atoms with Crippen LogP contribution in [0.1, 0.15) is 33.4 Å². The van der Waals surface area contributed by atoms with Gasteiger partial charge < -0.3 is 4.74 Å². The molecule has 138 valence electrons. The normalized spacial score (nSPS) is 12.6. The summed E-state index contributed by atoms with van der Waals surface area (Å²) in [6.07, 6.45) is -4.72. The highest BCUT2D eigenvalue weighted by Gasteiger charge is 2.30. The van der Waals surface area contributed by atoms with Crippen LogP contribution in [0, 0.1) is 18.3 Å². The largest absolute Gasteiger partial charge is 0.416 e. The smallest absolute Gasteiger partial charge is 0.371 e. The van der Waals surface area contributed by atoms with Gasteiger partial charge in [-0.15, -0.1) is 11.3 Å². The number of aromatic nitrogens is 1. The quantitative estimate of drug-likeness (QED) is 0.572. The van der Waals surface area contributed by atoms with E-state index in [1.165, 1.54) is 23.5 Å². The topological polar surface area (TPSA) is 45.9 Å². The van der Waals surface area contributed by atoms with Crippen molar-refractivity contribution >= 4 is 11.3 Å². The van der Waals surface area contributed by atoms with E-state index < -0.39 is 11.7 Å². The third-order valence-electron chi connectivity index (χ3n) is 4.11. The van der Waals surface area contributed by atoms with Gasteiger partial charge in [0.05, 0.1) is 27.8 Å². The Morgan fingerprint density at radius 3 is 2.22 bits per heavy atom. The summed E-state index contributed by atoms with van der Waals surface area (Å²) in [5, 5.41) is 9.56. The van der Waals surface area contributed by atoms with E-state index >= 15 is 0 Å². The number of aryl methyl sites for hydroxylation is 1. The van der Waals surface area contributed by atoms with Crippen LogP contribution >= 0.6 is 11.3 Å². The fourth-order valence-electron chi connectivity index (χ4n) is 2.70. The second kappa shape index (κ2) is 7.51. The Kier molecular flexibility index (Phi) is 5.31. The maximum Gasteiger partial charge on any atom is 0.416 e. The van der Waals surface area contributed by atoms with E-state index in [9.17, 15) is 13.2 Å². The molecule has 0 saturated carbocycles. The molecule has 1 unspecified atom stereocenters. The number of thiazole rings is 1. The Balaban J connectivity index is 1.94. The number of benzene rings is 2. The minimum atomic E-state index is -4.36. The lowest BCUT2D eigenvalue weighted by molar-refractivity contribution is -0.137. The average Bonchev–Trinajstić information content (AvgIpc) is 3.04. The molecule has 0 bridgehead atoms. The first-order valence-corrected chi connectivity index (χ1v) is 8.83. The zero-order valence-corrected chi connectivity index (χ0v) is 15.4. The number of methoxy groups -OCH3 is 1. The SMILES string of the molecule is COC(c1ccc(C#N)cc1)c1sc(-c2ccc(C(F)(F)F)cc2)nc1C. The Hall–Kier alpha value is -2.69. The number of rotatable bonds is 4. The molecule has 0 amide bonds. The van der Waals surface area contributed by atoms with Gasteiger partial charge in [0.25, 0.3) is 0 Å². The first-order valence-electron chi connectivity index (χ1n) is 8.01. The van der Waals surface area contributed by atoms with Crippen molar-refractivity contribution in [3.8, 4) is 16.6 Å². The maximum atomic E-state index is 12.7. The first kappa shape index (κ1) is 19.1. The van der Waals surface area contributed by atoms with Crippen LogP contribution < -0.4 is 0 Å². The second-order valence-electron chi connectivity index (χ2n) is 5.89. The summed E-state index contributed by atoms with van der Waals surface area (Å²) in [7, 11) is 1.58. The van der Waals surface area contributed by atoms with E-state index in [-0.39, 0.29) is 6.10 Å². The highest BCUT2D eigenvalue weighted by atomic mass is 32.1. The molecule has 27 heavy (non-hydrogen) atoms. The standard InChI is InChI=1S/C20H15F3N2OS/c1-12-18(17(26-2)14-5-3-13(11-24)4-6-14)27-19(25-12)15-7-9-16(10-8-15)20(21,22)23/h3-10,17H,1-2H3. The van der Waals surface area contributed by atoms with Crippen LogP contribution in [0.15, 0.2) is 48.5 Å². The first-order chi connectivity index (χ1) is 12.8. The Bertz CT molecular complexity index is 970. The molecule has 0 N–H and O–H groups in total. The van der Waals surface area contributed by atoms with Gasteiger partial charge in [0.15, 0.2) is 0 Å². The lowest BCUT2D eigenvalue weighted by Crippen LogP contribution is -2.03. The van der Waals surface area contributed by atoms with E-state index in [1.54, 1.807) is 19.2 Å². The molecule has 7 heteroatoms. The molecule has 0 aliphatic heterocycles. The maximum absolute atomic E-state index is 12.7. The van der Waals surface area contributed by atoms with Crippen LogP contribution in [0.2, 0.25) is 0 Å². The van der Waals surface area contributed by atoms with Crippen molar-refractivity contribution in [3.63, 3.8) is 0 Å². The van der Waals surface area contributed by atoms with Crippen molar-refractivity contribution in [1.29, 1.82) is 5.26 Å². The molecule has 0 aliphatic rings. The van der Waals surface area contributed by atoms with Gasteiger partial charge in [-0.25, -0.2) is 4.98 Å². The molecule has 3 rings (SSSR count). The number of hydrogen-bond donors (Lipinski definition) is 0. The Morgan fingerprint density at radius 2 is 1.70 bits per heavy atom. The summed E-state index contributed by atoms with van der Waals surface area (Å²) in [6.45, 7) is 1.84. The highest BCUT2D eigenvalue weighted by Crippen LogP contribution is 2.37. The lowest BCUT2D eigenvalue weighted by Gasteiger charge is -2.14. The fraction of sp³-hybridized carbons (Fsp3) is 0.200. The van der Waals surface area contributed by atoms with Crippen LogP contribution in [-0.2, 0) is 10.9 Å². The molecule has 1 atom stereocenters. The Labute approximate surface area is 158 Å². The van der Waals surface area contributed by atoms with Gasteiger partial charge >= 0.3 is 6.18 Å². The van der Waals surface area contributed by atoms with Gasteiger partial charge in [-0.1, -0.05) is 24.3 Å². The summed E-state index contributed by atoms with van der Waals surface area (Å²) < 4.78 is 43.8. The predicted molar refractivity (Wildman–Crippen MR) is 97.3 cm³/mol. The highest BCUT2D eigenvalue weighted by molar-refractivity contribution is 7.15. The average molecular weight is 388 g/mol. The molecule has 0 aliphatic carbocycles. The third-order valence-corrected chi connectivity index (χ3v) is 5.36. The summed E-state index contributed by atoms with van der Waals surface area (Å²) in [5.74, 6) is 0. The van der Waals surface area contributed by atoms with Crippen molar-refractivity contribution in [3.05, 3.63) is 75.8 Å². The fourth-order valence-corrected chi connectivity index (χ4v) is 3.88. The van der Waals surface area contributed by atoms with Crippen molar-refractivity contribution in [2.24, 2.45) is 0 Å². The van der Waals surface area contributed by atoms with Crippen LogP contribution in [-0.4, -0.2) is 12.1 Å². The van der Waals surface area contributed by atoms with E-state index in [0.717, 1.165) is 28.3 Å². The van der Waals surface area contributed by atoms with Crippen molar-refractivity contribution in [2.45, 2.75) is 19.2 Å². The second-order valence-corrected chi connectivity index (χ2v) is 6.92. The molecule has 0 radical (unpaired) electrons. The molecule has 3 aromatic rings. The molecular formula is C20H15F3N2OS. The zero-order chi connectivity index (χ0) is 19.6. The van der Waals surface area contributed by atoms with Crippen molar-refractivity contribution in [1.82, 2.24) is 4.98 Å². The van der Waals surface area contributed by atoms with Crippen LogP contribution in [0.5, 0.6) is 0 Å². The Morgan fingerprint density at radius 1 is 1.07 bits per heavy atom. The molecule has 0 fully saturated rings. The summed E-state index contributed by atoms with van der Waals surface area (Å²) in [4.78, 5) is 5.38. The van der Waals surface area contributed by atoms with Gasteiger partial charge in [0.2, 0.25) is 0 Å². The predicted octanol–water partition coefficient (Wildman–Crippen LogP) is 5.74.